The average Bonchev–Trinajstić information content (AvgIpc) is 2.49. The molecular weight excluding hydrogens is 156 g/mol. The van der Waals surface area contributed by atoms with Gasteiger partial charge in [-0.25, -0.2) is 0 Å². The molecule has 0 amide bonds. The highest BCUT2D eigenvalue weighted by atomic mass is 16.1. The summed E-state index contributed by atoms with van der Waals surface area (Å²) in [5.41, 5.74) is 1.05. The first-order valence-corrected chi connectivity index (χ1v) is 3.46. The van der Waals surface area contributed by atoms with Crippen LogP contribution in [0.3, 0.4) is 0 Å². The Morgan fingerprint density at radius 1 is 1.58 bits per heavy atom. The van der Waals surface area contributed by atoms with Gasteiger partial charge in [0.25, 0.3) is 0 Å². The number of aromatic nitrogens is 4. The number of carbonyl (C=O) groups is 1. The first kappa shape index (κ1) is 6.90. The molecule has 5 nitrogen and oxygen atoms in total. The van der Waals surface area contributed by atoms with E-state index in [2.05, 4.69) is 15.5 Å². The molecule has 0 aliphatic heterocycles. The van der Waals surface area contributed by atoms with Crippen LogP contribution in [0.5, 0.6) is 0 Å². The summed E-state index contributed by atoms with van der Waals surface area (Å²) in [4.78, 5) is 11.0. The summed E-state index contributed by atoms with van der Waals surface area (Å²) in [5, 5.41) is 10.8. The standard InChI is InChI=1S/C7H6N4O/c1-5(12)6-3-2-4-11-7(6)8-9-10-11/h2-4H,1H3. The van der Waals surface area contributed by atoms with Crippen LogP contribution >= 0.6 is 0 Å². The molecule has 0 aliphatic carbocycles. The maximum absolute atomic E-state index is 11.0. The van der Waals surface area contributed by atoms with E-state index in [1.807, 2.05) is 0 Å². The highest BCUT2D eigenvalue weighted by Gasteiger charge is 2.06. The van der Waals surface area contributed by atoms with Crippen LogP contribution in [0, 0.1) is 0 Å². The highest BCUT2D eigenvalue weighted by Crippen LogP contribution is 2.05. The minimum atomic E-state index is -0.0320. The highest BCUT2D eigenvalue weighted by molar-refractivity contribution is 5.99. The first-order valence-electron chi connectivity index (χ1n) is 3.46. The van der Waals surface area contributed by atoms with Crippen LogP contribution in [-0.2, 0) is 0 Å². The van der Waals surface area contributed by atoms with E-state index in [0.29, 0.717) is 11.2 Å². The molecule has 0 bridgehead atoms. The van der Waals surface area contributed by atoms with Crippen molar-refractivity contribution in [2.24, 2.45) is 0 Å². The smallest absolute Gasteiger partial charge is 0.189 e. The van der Waals surface area contributed by atoms with Crippen molar-refractivity contribution in [1.82, 2.24) is 20.0 Å². The van der Waals surface area contributed by atoms with Crippen LogP contribution in [0.1, 0.15) is 17.3 Å². The molecule has 2 heterocycles. The van der Waals surface area contributed by atoms with Gasteiger partial charge in [0.05, 0.1) is 5.56 Å². The number of fused-ring (bicyclic) bond motifs is 1. The quantitative estimate of drug-likeness (QED) is 0.567. The number of rotatable bonds is 1. The Morgan fingerprint density at radius 3 is 3.17 bits per heavy atom. The van der Waals surface area contributed by atoms with Crippen LogP contribution in [0.25, 0.3) is 5.65 Å². The SMILES string of the molecule is CC(=O)c1cccn2nnnc12. The van der Waals surface area contributed by atoms with Gasteiger partial charge >= 0.3 is 0 Å². The Hall–Kier alpha value is -1.78. The van der Waals surface area contributed by atoms with Crippen molar-refractivity contribution in [3.63, 3.8) is 0 Å². The molecule has 2 aromatic heterocycles. The zero-order valence-electron chi connectivity index (χ0n) is 6.43. The van der Waals surface area contributed by atoms with Gasteiger partial charge in [0, 0.05) is 6.20 Å². The van der Waals surface area contributed by atoms with E-state index in [9.17, 15) is 4.79 Å². The molecule has 0 radical (unpaired) electrons. The zero-order valence-corrected chi connectivity index (χ0v) is 6.43. The Morgan fingerprint density at radius 2 is 2.42 bits per heavy atom. The van der Waals surface area contributed by atoms with Crippen molar-refractivity contribution >= 4 is 11.4 Å². The molecule has 2 rings (SSSR count). The lowest BCUT2D eigenvalue weighted by molar-refractivity contribution is 0.101. The Kier molecular flexibility index (Phi) is 1.36. The third kappa shape index (κ3) is 0.868. The molecule has 0 saturated heterocycles. The fourth-order valence-corrected chi connectivity index (χ4v) is 1.04. The summed E-state index contributed by atoms with van der Waals surface area (Å²) < 4.78 is 1.47. The molecule has 0 fully saturated rings. The van der Waals surface area contributed by atoms with Crippen molar-refractivity contribution < 1.29 is 4.79 Å². The number of Topliss-reactive ketones (excluding diaryl/α,β-unsaturated/α-hetero) is 1. The zero-order chi connectivity index (χ0) is 8.55. The molecule has 0 saturated carbocycles. The lowest BCUT2D eigenvalue weighted by atomic mass is 10.2. The minimum Gasteiger partial charge on any atom is -0.294 e. The number of hydrogen-bond acceptors (Lipinski definition) is 4. The van der Waals surface area contributed by atoms with Gasteiger partial charge in [0.2, 0.25) is 0 Å². The number of carbonyl (C=O) groups excluding carboxylic acids is 1. The van der Waals surface area contributed by atoms with E-state index in [4.69, 9.17) is 0 Å². The Labute approximate surface area is 68.0 Å². The van der Waals surface area contributed by atoms with Crippen LogP contribution < -0.4 is 0 Å². The molecule has 2 aromatic rings. The summed E-state index contributed by atoms with van der Waals surface area (Å²) in [6.45, 7) is 1.49. The largest absolute Gasteiger partial charge is 0.294 e. The van der Waals surface area contributed by atoms with Gasteiger partial charge in [-0.05, 0) is 29.5 Å². The molecule has 0 unspecified atom stereocenters. The summed E-state index contributed by atoms with van der Waals surface area (Å²) in [7, 11) is 0. The third-order valence-corrected chi connectivity index (χ3v) is 1.60. The normalized spacial score (nSPS) is 10.4. The topological polar surface area (TPSA) is 60.2 Å². The van der Waals surface area contributed by atoms with Crippen LogP contribution in [0.15, 0.2) is 18.3 Å². The second-order valence-corrected chi connectivity index (χ2v) is 2.43. The van der Waals surface area contributed by atoms with Crippen LogP contribution in [-0.4, -0.2) is 25.8 Å². The van der Waals surface area contributed by atoms with E-state index < -0.39 is 0 Å². The molecule has 0 aromatic carbocycles. The number of pyridine rings is 1. The minimum absolute atomic E-state index is 0.0320. The Balaban J connectivity index is 2.82. The van der Waals surface area contributed by atoms with Gasteiger partial charge in [0.1, 0.15) is 0 Å². The fraction of sp³-hybridized carbons (Fsp3) is 0.143. The molecule has 5 heteroatoms. The van der Waals surface area contributed by atoms with Gasteiger partial charge < -0.3 is 0 Å². The van der Waals surface area contributed by atoms with Gasteiger partial charge in [-0.3, -0.25) is 4.79 Å². The van der Waals surface area contributed by atoms with E-state index in [1.54, 1.807) is 18.3 Å². The average molecular weight is 162 g/mol. The second-order valence-electron chi connectivity index (χ2n) is 2.43. The van der Waals surface area contributed by atoms with Crippen LogP contribution in [0.4, 0.5) is 0 Å². The molecule has 60 valence electrons. The van der Waals surface area contributed by atoms with E-state index >= 15 is 0 Å². The van der Waals surface area contributed by atoms with E-state index in [-0.39, 0.29) is 5.78 Å². The molecule has 0 N–H and O–H groups in total. The van der Waals surface area contributed by atoms with Gasteiger partial charge in [-0.1, -0.05) is 0 Å². The van der Waals surface area contributed by atoms with Crippen molar-refractivity contribution in [3.05, 3.63) is 23.9 Å². The maximum atomic E-state index is 11.0. The predicted molar refractivity (Wildman–Crippen MR) is 40.8 cm³/mol. The fourth-order valence-electron chi connectivity index (χ4n) is 1.04. The predicted octanol–water partition coefficient (Wildman–Crippen LogP) is 0.327. The summed E-state index contributed by atoms with van der Waals surface area (Å²) >= 11 is 0. The lowest BCUT2D eigenvalue weighted by Gasteiger charge is -1.94. The maximum Gasteiger partial charge on any atom is 0.189 e. The molecule has 12 heavy (non-hydrogen) atoms. The molecule has 0 aliphatic rings. The van der Waals surface area contributed by atoms with E-state index in [1.165, 1.54) is 11.4 Å². The van der Waals surface area contributed by atoms with Crippen molar-refractivity contribution in [2.45, 2.75) is 6.92 Å². The lowest BCUT2D eigenvalue weighted by Crippen LogP contribution is -1.97. The van der Waals surface area contributed by atoms with Gasteiger partial charge in [-0.2, -0.15) is 4.52 Å². The molecule has 0 spiro atoms. The van der Waals surface area contributed by atoms with Crippen molar-refractivity contribution in [1.29, 1.82) is 0 Å². The monoisotopic (exact) mass is 162 g/mol. The summed E-state index contributed by atoms with van der Waals surface area (Å²) in [6, 6.07) is 3.44. The van der Waals surface area contributed by atoms with Crippen molar-refractivity contribution in [2.75, 3.05) is 0 Å². The first-order chi connectivity index (χ1) is 5.79. The van der Waals surface area contributed by atoms with E-state index in [0.717, 1.165) is 0 Å². The summed E-state index contributed by atoms with van der Waals surface area (Å²) in [6.07, 6.45) is 1.70. The van der Waals surface area contributed by atoms with Crippen molar-refractivity contribution in [3.8, 4) is 0 Å². The van der Waals surface area contributed by atoms with Crippen LogP contribution in [0.2, 0.25) is 0 Å². The van der Waals surface area contributed by atoms with Gasteiger partial charge in [-0.15, -0.1) is 5.10 Å². The number of ketones is 1. The third-order valence-electron chi connectivity index (χ3n) is 1.60. The summed E-state index contributed by atoms with van der Waals surface area (Å²) in [5.74, 6) is -0.0320. The van der Waals surface area contributed by atoms with Gasteiger partial charge in [0.15, 0.2) is 11.4 Å². The second kappa shape index (κ2) is 2.37. The molecule has 0 atom stereocenters. The Bertz CT molecular complexity index is 434. The number of hydrogen-bond donors (Lipinski definition) is 0. The number of tetrazole rings is 1. The number of nitrogens with zero attached hydrogens (tertiary/aromatic N) is 4. The molecular formula is C7H6N4O.